The first-order valence-corrected chi connectivity index (χ1v) is 27.6. The molecule has 364 valence electrons. The van der Waals surface area contributed by atoms with Crippen molar-refractivity contribution in [1.82, 2.24) is 0 Å². The zero-order valence-corrected chi connectivity index (χ0v) is 45.8. The molecule has 3 nitrogen and oxygen atoms in total. The van der Waals surface area contributed by atoms with E-state index in [9.17, 15) is 0 Å². The molecule has 2 aliphatic heterocycles. The maximum absolute atomic E-state index is 2.75. The number of benzene rings is 8. The summed E-state index contributed by atoms with van der Waals surface area (Å²) in [5, 5.41) is 2.61. The second-order valence-electron chi connectivity index (χ2n) is 25.6. The number of thiophene rings is 1. The summed E-state index contributed by atoms with van der Waals surface area (Å²) in [5.41, 5.74) is 23.8. The molecule has 1 aromatic heterocycles. The third-order valence-corrected chi connectivity index (χ3v) is 18.9. The quantitative estimate of drug-likeness (QED) is 0.159. The Kier molecular flexibility index (Phi) is 9.97. The van der Waals surface area contributed by atoms with E-state index in [4.69, 9.17) is 0 Å². The number of nitrogens with zero attached hydrogens (tertiary/aromatic N) is 3. The minimum absolute atomic E-state index is 0.0228. The molecular weight excluding hydrogens is 902 g/mol. The molecule has 0 saturated heterocycles. The van der Waals surface area contributed by atoms with Crippen molar-refractivity contribution in [2.75, 3.05) is 14.7 Å². The second-order valence-corrected chi connectivity index (χ2v) is 26.7. The molecular formula is C68H68BN3S. The fraction of sp³-hybridized carbons (Fsp3) is 0.294. The van der Waals surface area contributed by atoms with Crippen molar-refractivity contribution in [3.63, 3.8) is 0 Å². The maximum Gasteiger partial charge on any atom is 0.252 e. The summed E-state index contributed by atoms with van der Waals surface area (Å²) in [6.45, 7) is 29.4. The highest BCUT2D eigenvalue weighted by atomic mass is 32.1. The van der Waals surface area contributed by atoms with E-state index in [0.717, 1.165) is 36.3 Å². The number of anilines is 9. The van der Waals surface area contributed by atoms with Crippen molar-refractivity contribution in [2.24, 2.45) is 0 Å². The third-order valence-electron chi connectivity index (χ3n) is 17.7. The van der Waals surface area contributed by atoms with E-state index in [1.165, 1.54) is 104 Å². The van der Waals surface area contributed by atoms with Crippen LogP contribution in [-0.2, 0) is 27.1 Å². The van der Waals surface area contributed by atoms with Crippen LogP contribution in [-0.4, -0.2) is 6.71 Å². The Morgan fingerprint density at radius 3 is 1.64 bits per heavy atom. The van der Waals surface area contributed by atoms with Crippen LogP contribution in [0.25, 0.3) is 20.2 Å². The monoisotopic (exact) mass is 970 g/mol. The lowest BCUT2D eigenvalue weighted by molar-refractivity contribution is 0.332. The molecule has 0 saturated carbocycles. The summed E-state index contributed by atoms with van der Waals surface area (Å²) in [6.07, 6.45) is 3.45. The van der Waals surface area contributed by atoms with Crippen molar-refractivity contribution in [1.29, 1.82) is 0 Å². The highest BCUT2D eigenvalue weighted by Gasteiger charge is 2.49. The maximum atomic E-state index is 2.75. The van der Waals surface area contributed by atoms with Gasteiger partial charge in [0.15, 0.2) is 0 Å². The highest BCUT2D eigenvalue weighted by Crippen LogP contribution is 2.56. The number of para-hydroxylation sites is 2. The van der Waals surface area contributed by atoms with Gasteiger partial charge < -0.3 is 14.7 Å². The van der Waals surface area contributed by atoms with E-state index in [1.807, 2.05) is 11.3 Å². The van der Waals surface area contributed by atoms with Gasteiger partial charge in [0, 0.05) is 61.0 Å². The van der Waals surface area contributed by atoms with Gasteiger partial charge in [-0.05, 0) is 176 Å². The number of hydrogen-bond donors (Lipinski definition) is 0. The van der Waals surface area contributed by atoms with E-state index >= 15 is 0 Å². The SMILES string of the molecule is Cc1cc2c(cc1N1c3cc4c(cc3B3c5ccc(N(c6ccccc6)c6ccccc6)cc5N(c5cccc6c5sc5ccccc56)c5cc(C(C)(C)C)cc1c53)C(C)(C)CCC4(C)C)C(C)(C)CC2(C)C. The molecule has 0 bridgehead atoms. The van der Waals surface area contributed by atoms with E-state index in [-0.39, 0.29) is 33.8 Å². The fourth-order valence-corrected chi connectivity index (χ4v) is 15.2. The molecule has 0 amide bonds. The minimum atomic E-state index is -0.150. The largest absolute Gasteiger partial charge is 0.311 e. The standard InChI is InChI=1S/C68H68BN3S/c1-42-34-49-52(68(11,12)41-67(49,9)10)39-56(42)72-58-40-51-50(65(5,6)32-33-66(51,7)8)38-54(58)69-53-31-30-46(70(44-22-15-13-16-23-44)45-24-17-14-18-25-45)37-57(53)71(59-35-43(64(2,3)4)36-60(72)62(59)69)55-28-21-27-48-47-26-19-20-29-61(47)73-63(48)55/h13-31,34-40H,32-33,41H2,1-12H3. The van der Waals surface area contributed by atoms with E-state index in [0.29, 0.717) is 0 Å². The molecule has 13 rings (SSSR count). The third kappa shape index (κ3) is 6.97. The zero-order chi connectivity index (χ0) is 50.7. The lowest BCUT2D eigenvalue weighted by Crippen LogP contribution is -2.62. The van der Waals surface area contributed by atoms with Gasteiger partial charge in [0.1, 0.15) is 0 Å². The van der Waals surface area contributed by atoms with Crippen LogP contribution in [0.1, 0.15) is 129 Å². The van der Waals surface area contributed by atoms with Gasteiger partial charge in [-0.15, -0.1) is 11.3 Å². The lowest BCUT2D eigenvalue weighted by atomic mass is 9.33. The molecule has 8 aromatic carbocycles. The van der Waals surface area contributed by atoms with Gasteiger partial charge in [0.2, 0.25) is 0 Å². The van der Waals surface area contributed by atoms with Crippen LogP contribution in [0.15, 0.2) is 158 Å². The second kappa shape index (κ2) is 15.7. The summed E-state index contributed by atoms with van der Waals surface area (Å²) in [7, 11) is 0. The van der Waals surface area contributed by atoms with Crippen molar-refractivity contribution in [3.05, 3.63) is 191 Å². The van der Waals surface area contributed by atoms with Crippen LogP contribution >= 0.6 is 11.3 Å². The van der Waals surface area contributed by atoms with Gasteiger partial charge in [0.25, 0.3) is 6.71 Å². The Morgan fingerprint density at radius 2 is 1.00 bits per heavy atom. The molecule has 2 aliphatic carbocycles. The molecule has 0 fully saturated rings. The fourth-order valence-electron chi connectivity index (χ4n) is 14.0. The Bertz CT molecular complexity index is 3700. The van der Waals surface area contributed by atoms with Crippen molar-refractivity contribution in [2.45, 2.75) is 129 Å². The lowest BCUT2D eigenvalue weighted by Gasteiger charge is -2.48. The number of hydrogen-bond acceptors (Lipinski definition) is 4. The topological polar surface area (TPSA) is 9.72 Å². The molecule has 73 heavy (non-hydrogen) atoms. The minimum Gasteiger partial charge on any atom is -0.311 e. The van der Waals surface area contributed by atoms with Crippen LogP contribution in [0, 0.1) is 6.92 Å². The molecule has 3 heterocycles. The normalized spacial score (nSPS) is 17.5. The smallest absolute Gasteiger partial charge is 0.252 e. The predicted octanol–water partition coefficient (Wildman–Crippen LogP) is 17.5. The van der Waals surface area contributed by atoms with Gasteiger partial charge in [-0.2, -0.15) is 0 Å². The average molecular weight is 970 g/mol. The zero-order valence-electron chi connectivity index (χ0n) is 45.0. The number of fused-ring (bicyclic) bond motifs is 9. The average Bonchev–Trinajstić information content (AvgIpc) is 3.83. The van der Waals surface area contributed by atoms with Crippen molar-refractivity contribution < 1.29 is 0 Å². The first-order valence-electron chi connectivity index (χ1n) is 26.8. The van der Waals surface area contributed by atoms with Crippen LogP contribution < -0.4 is 31.1 Å². The Morgan fingerprint density at radius 1 is 0.466 bits per heavy atom. The van der Waals surface area contributed by atoms with Crippen molar-refractivity contribution >= 4 is 106 Å². The van der Waals surface area contributed by atoms with Crippen molar-refractivity contribution in [3.8, 4) is 0 Å². The van der Waals surface area contributed by atoms with Crippen LogP contribution in [0.2, 0.25) is 0 Å². The molecule has 5 heteroatoms. The Hall–Kier alpha value is -6.56. The van der Waals surface area contributed by atoms with Gasteiger partial charge in [-0.25, -0.2) is 0 Å². The van der Waals surface area contributed by atoms with Crippen LogP contribution in [0.4, 0.5) is 51.2 Å². The van der Waals surface area contributed by atoms with Gasteiger partial charge in [-0.3, -0.25) is 0 Å². The summed E-state index contributed by atoms with van der Waals surface area (Å²) in [6, 6.07) is 60.9. The molecule has 0 spiro atoms. The Labute approximate surface area is 438 Å². The predicted molar refractivity (Wildman–Crippen MR) is 317 cm³/mol. The Balaban J connectivity index is 1.18. The number of aryl methyl sites for hydroxylation is 1. The summed E-state index contributed by atoms with van der Waals surface area (Å²) in [5.74, 6) is 0. The van der Waals surface area contributed by atoms with E-state index in [1.54, 1.807) is 0 Å². The first kappa shape index (κ1) is 46.2. The number of rotatable bonds is 5. The summed E-state index contributed by atoms with van der Waals surface area (Å²) < 4.78 is 2.62. The van der Waals surface area contributed by atoms with Gasteiger partial charge in [-0.1, -0.05) is 161 Å². The van der Waals surface area contributed by atoms with E-state index in [2.05, 4.69) is 256 Å². The van der Waals surface area contributed by atoms with Gasteiger partial charge >= 0.3 is 0 Å². The molecule has 0 unspecified atom stereocenters. The summed E-state index contributed by atoms with van der Waals surface area (Å²) >= 11 is 1.92. The molecule has 0 atom stereocenters. The molecule has 0 N–H and O–H groups in total. The van der Waals surface area contributed by atoms with Crippen LogP contribution in [0.3, 0.4) is 0 Å². The summed E-state index contributed by atoms with van der Waals surface area (Å²) in [4.78, 5) is 7.87. The molecule has 4 aliphatic rings. The molecule has 0 radical (unpaired) electrons. The van der Waals surface area contributed by atoms with E-state index < -0.39 is 0 Å². The first-order chi connectivity index (χ1) is 34.7. The van der Waals surface area contributed by atoms with Gasteiger partial charge in [0.05, 0.1) is 10.4 Å². The highest BCUT2D eigenvalue weighted by molar-refractivity contribution is 7.26. The molecule has 9 aromatic rings. The van der Waals surface area contributed by atoms with Crippen LogP contribution in [0.5, 0.6) is 0 Å².